The Balaban J connectivity index is 1.63. The van der Waals surface area contributed by atoms with E-state index >= 15 is 0 Å². The molecule has 0 radical (unpaired) electrons. The summed E-state index contributed by atoms with van der Waals surface area (Å²) in [4.78, 5) is 2.09. The molecule has 0 aliphatic carbocycles. The topological polar surface area (TPSA) is 84.6 Å². The van der Waals surface area contributed by atoms with E-state index in [1.165, 1.54) is 16.4 Å². The third-order valence-corrected chi connectivity index (χ3v) is 8.97. The number of aliphatic hydroxyl groups excluding tert-OH is 1. The van der Waals surface area contributed by atoms with Gasteiger partial charge in [-0.15, -0.1) is 0 Å². The number of benzene rings is 3. The molecular weight excluding hydrogens is 453 g/mol. The van der Waals surface area contributed by atoms with Crippen LogP contribution in [0.25, 0.3) is 11.1 Å². The lowest BCUT2D eigenvalue weighted by Crippen LogP contribution is -2.48. The van der Waals surface area contributed by atoms with E-state index in [0.717, 1.165) is 34.5 Å². The maximum atomic E-state index is 13.6. The highest BCUT2D eigenvalue weighted by molar-refractivity contribution is 7.89. The van der Waals surface area contributed by atoms with Crippen LogP contribution in [0.2, 0.25) is 0 Å². The molecule has 0 amide bonds. The molecule has 5 rings (SSSR count). The molecule has 0 aromatic heterocycles. The second-order valence-corrected chi connectivity index (χ2v) is 10.7. The number of halogens is 1. The van der Waals surface area contributed by atoms with Crippen molar-refractivity contribution in [2.45, 2.75) is 23.4 Å². The average molecular weight is 478 g/mol. The van der Waals surface area contributed by atoms with Crippen LogP contribution >= 0.6 is 0 Å². The Morgan fingerprint density at radius 3 is 2.38 bits per heavy atom. The first-order chi connectivity index (χ1) is 16.3. The maximum absolute atomic E-state index is 13.6. The molecule has 2 aliphatic heterocycles. The van der Waals surface area contributed by atoms with Crippen molar-refractivity contribution in [1.29, 1.82) is 5.26 Å². The fourth-order valence-corrected chi connectivity index (χ4v) is 7.01. The van der Waals surface area contributed by atoms with Crippen LogP contribution in [0, 0.1) is 23.1 Å². The second kappa shape index (κ2) is 8.51. The van der Waals surface area contributed by atoms with Gasteiger partial charge in [-0.25, -0.2) is 12.8 Å². The van der Waals surface area contributed by atoms with E-state index in [-0.39, 0.29) is 23.5 Å². The van der Waals surface area contributed by atoms with Gasteiger partial charge in [0.25, 0.3) is 0 Å². The minimum atomic E-state index is -3.87. The van der Waals surface area contributed by atoms with Gasteiger partial charge in [0.2, 0.25) is 10.0 Å². The first kappa shape index (κ1) is 22.5. The molecule has 2 aliphatic rings. The Labute approximate surface area is 198 Å². The lowest BCUT2D eigenvalue weighted by Gasteiger charge is -2.44. The normalized spacial score (nSPS) is 22.2. The molecule has 0 bridgehead atoms. The monoisotopic (exact) mass is 477 g/mol. The fraction of sp³-hybridized carbons (Fsp3) is 0.269. The summed E-state index contributed by atoms with van der Waals surface area (Å²) in [6.45, 7) is 0.235. The molecule has 34 heavy (non-hydrogen) atoms. The van der Waals surface area contributed by atoms with Crippen molar-refractivity contribution in [2.75, 3.05) is 25.1 Å². The summed E-state index contributed by atoms with van der Waals surface area (Å²) in [6.07, 6.45) is 0.612. The van der Waals surface area contributed by atoms with Crippen LogP contribution in [0.5, 0.6) is 0 Å². The molecule has 3 aromatic carbocycles. The molecule has 3 aromatic rings. The minimum Gasteiger partial charge on any atom is -0.394 e. The van der Waals surface area contributed by atoms with Gasteiger partial charge < -0.3 is 10.0 Å². The number of fused-ring (bicyclic) bond motifs is 3. The number of nitriles is 1. The van der Waals surface area contributed by atoms with Gasteiger partial charge >= 0.3 is 0 Å². The van der Waals surface area contributed by atoms with Crippen molar-refractivity contribution in [3.05, 3.63) is 83.7 Å². The highest BCUT2D eigenvalue weighted by Crippen LogP contribution is 2.51. The molecule has 6 nitrogen and oxygen atoms in total. The molecule has 3 atom stereocenters. The minimum absolute atomic E-state index is 0.0545. The zero-order valence-corrected chi connectivity index (χ0v) is 19.4. The maximum Gasteiger partial charge on any atom is 0.243 e. The zero-order chi connectivity index (χ0) is 24.0. The van der Waals surface area contributed by atoms with Crippen LogP contribution in [0.1, 0.15) is 23.6 Å². The summed E-state index contributed by atoms with van der Waals surface area (Å²) >= 11 is 0. The van der Waals surface area contributed by atoms with Crippen LogP contribution in [0.4, 0.5) is 10.1 Å². The number of likely N-dealkylation sites (N-methyl/N-ethyl adjacent to an activating group) is 1. The zero-order valence-electron chi connectivity index (χ0n) is 18.6. The van der Waals surface area contributed by atoms with Gasteiger partial charge in [0, 0.05) is 25.2 Å². The van der Waals surface area contributed by atoms with Crippen molar-refractivity contribution in [3.8, 4) is 17.2 Å². The van der Waals surface area contributed by atoms with Gasteiger partial charge in [-0.05, 0) is 71.6 Å². The highest BCUT2D eigenvalue weighted by atomic mass is 32.2. The van der Waals surface area contributed by atoms with E-state index in [2.05, 4.69) is 6.07 Å². The highest BCUT2D eigenvalue weighted by Gasteiger charge is 2.50. The summed E-state index contributed by atoms with van der Waals surface area (Å²) in [5, 5.41) is 19.3. The molecular formula is C26H24FN3O3S. The standard InChI is InChI=1S/C26H24FN3O3S/c1-29-24-11-6-19(18-4-2-17(15-28)3-5-18)14-23(24)26-22(25(29)16-31)12-13-30(26)34(32,33)21-9-7-20(27)8-10-21/h2-11,14,22,25-26,31H,12-13,16H2,1H3/t22-,25+,26-/m1/s1. The number of nitrogens with zero attached hydrogens (tertiary/aromatic N) is 3. The first-order valence-electron chi connectivity index (χ1n) is 11.1. The third kappa shape index (κ3) is 3.57. The van der Waals surface area contributed by atoms with Gasteiger partial charge in [0.1, 0.15) is 5.82 Å². The largest absolute Gasteiger partial charge is 0.394 e. The Bertz CT molecular complexity index is 1370. The van der Waals surface area contributed by atoms with Crippen molar-refractivity contribution >= 4 is 15.7 Å². The molecule has 0 saturated carbocycles. The van der Waals surface area contributed by atoms with Crippen LogP contribution < -0.4 is 4.90 Å². The fourth-order valence-electron chi connectivity index (χ4n) is 5.34. The Morgan fingerprint density at radius 2 is 1.74 bits per heavy atom. The Kier molecular flexibility index (Phi) is 5.64. The number of anilines is 1. The lowest BCUT2D eigenvalue weighted by molar-refractivity contribution is 0.193. The van der Waals surface area contributed by atoms with E-state index in [0.29, 0.717) is 18.5 Å². The number of aliphatic hydroxyl groups is 1. The third-order valence-electron chi connectivity index (χ3n) is 7.07. The van der Waals surface area contributed by atoms with E-state index in [1.54, 1.807) is 12.1 Å². The van der Waals surface area contributed by atoms with Crippen molar-refractivity contribution in [3.63, 3.8) is 0 Å². The van der Waals surface area contributed by atoms with Gasteiger partial charge in [-0.1, -0.05) is 18.2 Å². The summed E-state index contributed by atoms with van der Waals surface area (Å²) in [5.41, 5.74) is 4.17. The smallest absolute Gasteiger partial charge is 0.243 e. The Hall–Kier alpha value is -3.25. The van der Waals surface area contributed by atoms with Crippen LogP contribution in [-0.4, -0.2) is 44.1 Å². The summed E-state index contributed by atoms with van der Waals surface area (Å²) in [7, 11) is -1.95. The number of hydrogen-bond acceptors (Lipinski definition) is 5. The quantitative estimate of drug-likeness (QED) is 0.616. The van der Waals surface area contributed by atoms with Gasteiger partial charge in [-0.2, -0.15) is 9.57 Å². The Morgan fingerprint density at radius 1 is 1.06 bits per heavy atom. The summed E-state index contributed by atoms with van der Waals surface area (Å²) < 4.78 is 42.2. The molecule has 1 N–H and O–H groups in total. The SMILES string of the molecule is CN1c2ccc(-c3ccc(C#N)cc3)cc2[C@H]2[C@H](CCN2S(=O)(=O)c2ccc(F)cc2)[C@@H]1CO. The van der Waals surface area contributed by atoms with Crippen molar-refractivity contribution in [2.24, 2.45) is 5.92 Å². The van der Waals surface area contributed by atoms with E-state index in [4.69, 9.17) is 5.26 Å². The molecule has 0 spiro atoms. The van der Waals surface area contributed by atoms with Crippen molar-refractivity contribution in [1.82, 2.24) is 4.31 Å². The summed E-state index contributed by atoms with van der Waals surface area (Å²) in [6, 6.07) is 19.6. The molecule has 1 saturated heterocycles. The van der Waals surface area contributed by atoms with E-state index in [1.807, 2.05) is 42.3 Å². The predicted octanol–water partition coefficient (Wildman–Crippen LogP) is 3.93. The van der Waals surface area contributed by atoms with Crippen LogP contribution in [0.15, 0.2) is 71.6 Å². The first-order valence-corrected chi connectivity index (χ1v) is 12.5. The number of rotatable bonds is 4. The number of sulfonamides is 1. The van der Waals surface area contributed by atoms with E-state index in [9.17, 15) is 17.9 Å². The number of hydrogen-bond donors (Lipinski definition) is 1. The predicted molar refractivity (Wildman–Crippen MR) is 127 cm³/mol. The second-order valence-electron chi connectivity index (χ2n) is 8.79. The van der Waals surface area contributed by atoms with Crippen molar-refractivity contribution < 1.29 is 17.9 Å². The van der Waals surface area contributed by atoms with Crippen LogP contribution in [0.3, 0.4) is 0 Å². The molecule has 1 fully saturated rings. The average Bonchev–Trinajstić information content (AvgIpc) is 3.30. The lowest BCUT2D eigenvalue weighted by atomic mass is 9.81. The van der Waals surface area contributed by atoms with Gasteiger partial charge in [0.05, 0.1) is 35.2 Å². The van der Waals surface area contributed by atoms with E-state index < -0.39 is 21.9 Å². The summed E-state index contributed by atoms with van der Waals surface area (Å²) in [5.74, 6) is -0.579. The van der Waals surface area contributed by atoms with Gasteiger partial charge in [-0.3, -0.25) is 0 Å². The molecule has 2 heterocycles. The van der Waals surface area contributed by atoms with Crippen LogP contribution in [-0.2, 0) is 10.0 Å². The molecule has 0 unspecified atom stereocenters. The molecule has 174 valence electrons. The molecule has 8 heteroatoms. The van der Waals surface area contributed by atoms with Gasteiger partial charge in [0.15, 0.2) is 0 Å².